The molecule has 0 atom stereocenters. The highest BCUT2D eigenvalue weighted by atomic mass is 35.5. The predicted octanol–water partition coefficient (Wildman–Crippen LogP) is 7.64. The molecular weight excluding hydrogens is 428 g/mol. The smallest absolute Gasteiger partial charge is 0.244 e. The Labute approximate surface area is 200 Å². The zero-order valence-electron chi connectivity index (χ0n) is 18.9. The lowest BCUT2D eigenvalue weighted by atomic mass is 10.0. The molecule has 166 valence electrons. The van der Waals surface area contributed by atoms with Crippen LogP contribution in [0.25, 0.3) is 22.5 Å². The minimum atomic E-state index is 0.445. The van der Waals surface area contributed by atoms with Crippen molar-refractivity contribution in [1.29, 1.82) is 0 Å². The summed E-state index contributed by atoms with van der Waals surface area (Å²) in [5, 5.41) is 5.25. The summed E-state index contributed by atoms with van der Waals surface area (Å²) in [6.45, 7) is 4.19. The van der Waals surface area contributed by atoms with Gasteiger partial charge in [-0.1, -0.05) is 91.7 Å². The first-order valence-corrected chi connectivity index (χ1v) is 11.6. The molecule has 0 aliphatic rings. The van der Waals surface area contributed by atoms with E-state index >= 15 is 0 Å². The van der Waals surface area contributed by atoms with Crippen molar-refractivity contribution in [3.05, 3.63) is 101 Å². The van der Waals surface area contributed by atoms with Crippen molar-refractivity contribution in [3.63, 3.8) is 0 Å². The lowest BCUT2D eigenvalue weighted by molar-refractivity contribution is 0.795. The number of aromatic nitrogens is 2. The molecule has 0 bridgehead atoms. The third-order valence-electron chi connectivity index (χ3n) is 5.45. The Bertz CT molecular complexity index is 1220. The molecule has 33 heavy (non-hydrogen) atoms. The van der Waals surface area contributed by atoms with Crippen LogP contribution in [0.1, 0.15) is 37.8 Å². The van der Waals surface area contributed by atoms with E-state index in [1.807, 2.05) is 67.6 Å². The van der Waals surface area contributed by atoms with Crippen LogP contribution < -0.4 is 5.43 Å². The number of halogens is 1. The minimum Gasteiger partial charge on any atom is -0.245 e. The summed E-state index contributed by atoms with van der Waals surface area (Å²) in [4.78, 5) is 9.40. The van der Waals surface area contributed by atoms with E-state index in [4.69, 9.17) is 21.6 Å². The van der Waals surface area contributed by atoms with Gasteiger partial charge in [0.25, 0.3) is 0 Å². The van der Waals surface area contributed by atoms with Crippen LogP contribution in [0.4, 0.5) is 5.95 Å². The van der Waals surface area contributed by atoms with Crippen molar-refractivity contribution in [2.75, 3.05) is 5.43 Å². The lowest BCUT2D eigenvalue weighted by Gasteiger charge is -2.09. The van der Waals surface area contributed by atoms with Gasteiger partial charge in [-0.15, -0.1) is 0 Å². The van der Waals surface area contributed by atoms with Crippen LogP contribution in [0.5, 0.6) is 0 Å². The molecule has 1 N–H and O–H groups in total. The quantitative estimate of drug-likeness (QED) is 0.220. The van der Waals surface area contributed by atoms with Crippen molar-refractivity contribution >= 4 is 23.3 Å². The maximum Gasteiger partial charge on any atom is 0.244 e. The van der Waals surface area contributed by atoms with Crippen molar-refractivity contribution in [2.45, 2.75) is 33.1 Å². The van der Waals surface area contributed by atoms with Crippen LogP contribution in [-0.4, -0.2) is 15.7 Å². The van der Waals surface area contributed by atoms with E-state index in [0.29, 0.717) is 11.0 Å². The van der Waals surface area contributed by atoms with Crippen molar-refractivity contribution in [1.82, 2.24) is 9.97 Å². The molecule has 0 saturated heterocycles. The van der Waals surface area contributed by atoms with E-state index < -0.39 is 0 Å². The molecule has 0 fully saturated rings. The van der Waals surface area contributed by atoms with Gasteiger partial charge in [-0.05, 0) is 49.1 Å². The highest BCUT2D eigenvalue weighted by Gasteiger charge is 2.09. The molecule has 0 aliphatic carbocycles. The van der Waals surface area contributed by atoms with Gasteiger partial charge in [0.05, 0.1) is 17.1 Å². The molecule has 4 nitrogen and oxygen atoms in total. The third kappa shape index (κ3) is 6.05. The molecule has 1 heterocycles. The molecule has 0 amide bonds. The standard InChI is InChI=1S/C28H27ClN4/c1-3-4-8-21-11-13-22(14-12-21)20(2)32-33-28-30-26(23-9-6-5-7-10-23)19-27(31-28)24-15-17-25(29)18-16-24/h5-7,9-19H,3-4,8H2,1-2H3,(H,30,31,33)/b32-20+. The Morgan fingerprint density at radius 2 is 1.48 bits per heavy atom. The van der Waals surface area contributed by atoms with Gasteiger partial charge in [0, 0.05) is 16.1 Å². The molecule has 4 rings (SSSR count). The number of nitrogens with zero attached hydrogens (tertiary/aromatic N) is 3. The second-order valence-corrected chi connectivity index (χ2v) is 8.38. The van der Waals surface area contributed by atoms with Crippen LogP contribution >= 0.6 is 11.6 Å². The van der Waals surface area contributed by atoms with E-state index in [9.17, 15) is 0 Å². The van der Waals surface area contributed by atoms with Gasteiger partial charge in [-0.2, -0.15) is 5.10 Å². The van der Waals surface area contributed by atoms with Crippen LogP contribution in [0.2, 0.25) is 5.02 Å². The number of hydrogen-bond acceptors (Lipinski definition) is 4. The fraction of sp³-hybridized carbons (Fsp3) is 0.179. The first-order chi connectivity index (χ1) is 16.1. The molecule has 4 aromatic rings. The molecule has 5 heteroatoms. The highest BCUT2D eigenvalue weighted by Crippen LogP contribution is 2.26. The molecule has 3 aromatic carbocycles. The third-order valence-corrected chi connectivity index (χ3v) is 5.70. The first-order valence-electron chi connectivity index (χ1n) is 11.2. The fourth-order valence-corrected chi connectivity index (χ4v) is 3.64. The molecule has 0 spiro atoms. The number of rotatable bonds is 8. The van der Waals surface area contributed by atoms with Gasteiger partial charge in [0.15, 0.2) is 0 Å². The Hall–Kier alpha value is -3.50. The highest BCUT2D eigenvalue weighted by molar-refractivity contribution is 6.30. The number of unbranched alkanes of at least 4 members (excludes halogenated alkanes) is 1. The average molecular weight is 455 g/mol. The molecule has 0 aliphatic heterocycles. The van der Waals surface area contributed by atoms with E-state index in [0.717, 1.165) is 40.2 Å². The van der Waals surface area contributed by atoms with Gasteiger partial charge in [-0.3, -0.25) is 0 Å². The molecule has 0 saturated carbocycles. The van der Waals surface area contributed by atoms with Gasteiger partial charge in [0.2, 0.25) is 5.95 Å². The number of anilines is 1. The van der Waals surface area contributed by atoms with Gasteiger partial charge in [0.1, 0.15) is 0 Å². The summed E-state index contributed by atoms with van der Waals surface area (Å²) in [6.07, 6.45) is 3.52. The zero-order valence-corrected chi connectivity index (χ0v) is 19.7. The van der Waals surface area contributed by atoms with Crippen LogP contribution in [0, 0.1) is 0 Å². The fourth-order valence-electron chi connectivity index (χ4n) is 3.51. The molecule has 0 unspecified atom stereocenters. The van der Waals surface area contributed by atoms with Crippen LogP contribution in [0.3, 0.4) is 0 Å². The minimum absolute atomic E-state index is 0.445. The zero-order chi connectivity index (χ0) is 23.0. The summed E-state index contributed by atoms with van der Waals surface area (Å²) in [6, 6.07) is 28.3. The van der Waals surface area contributed by atoms with Crippen molar-refractivity contribution in [3.8, 4) is 22.5 Å². The van der Waals surface area contributed by atoms with Crippen LogP contribution in [-0.2, 0) is 6.42 Å². The number of hydrogen-bond donors (Lipinski definition) is 1. The summed E-state index contributed by atoms with van der Waals surface area (Å²) in [7, 11) is 0. The van der Waals surface area contributed by atoms with Gasteiger partial charge < -0.3 is 0 Å². The Balaban J connectivity index is 1.62. The first kappa shape index (κ1) is 22.7. The SMILES string of the molecule is CCCCc1ccc(/C(C)=N/Nc2nc(-c3ccccc3)cc(-c3ccc(Cl)cc3)n2)cc1. The second-order valence-electron chi connectivity index (χ2n) is 7.94. The summed E-state index contributed by atoms with van der Waals surface area (Å²) in [5.41, 5.74) is 9.97. The normalized spacial score (nSPS) is 11.4. The van der Waals surface area contributed by atoms with E-state index in [2.05, 4.69) is 41.7 Å². The maximum absolute atomic E-state index is 6.07. The molecular formula is C28H27ClN4. The number of hydrazone groups is 1. The topological polar surface area (TPSA) is 50.2 Å². The van der Waals surface area contributed by atoms with Gasteiger partial charge in [-0.25, -0.2) is 15.4 Å². The average Bonchev–Trinajstić information content (AvgIpc) is 2.87. The number of benzene rings is 3. The Morgan fingerprint density at radius 1 is 0.848 bits per heavy atom. The monoisotopic (exact) mass is 454 g/mol. The number of aryl methyl sites for hydroxylation is 1. The predicted molar refractivity (Wildman–Crippen MR) is 139 cm³/mol. The Kier molecular flexibility index (Phi) is 7.48. The largest absolute Gasteiger partial charge is 0.245 e. The van der Waals surface area contributed by atoms with E-state index in [1.165, 1.54) is 18.4 Å². The lowest BCUT2D eigenvalue weighted by Crippen LogP contribution is -2.04. The van der Waals surface area contributed by atoms with Gasteiger partial charge >= 0.3 is 0 Å². The Morgan fingerprint density at radius 3 is 2.12 bits per heavy atom. The van der Waals surface area contributed by atoms with Crippen LogP contribution in [0.15, 0.2) is 90.0 Å². The second kappa shape index (κ2) is 10.9. The van der Waals surface area contributed by atoms with Crippen molar-refractivity contribution < 1.29 is 0 Å². The maximum atomic E-state index is 6.07. The summed E-state index contributed by atoms with van der Waals surface area (Å²) < 4.78 is 0. The van der Waals surface area contributed by atoms with E-state index in [-0.39, 0.29) is 0 Å². The number of nitrogens with one attached hydrogen (secondary N) is 1. The molecule has 0 radical (unpaired) electrons. The summed E-state index contributed by atoms with van der Waals surface area (Å²) >= 11 is 6.07. The van der Waals surface area contributed by atoms with Crippen molar-refractivity contribution in [2.24, 2.45) is 5.10 Å². The summed E-state index contributed by atoms with van der Waals surface area (Å²) in [5.74, 6) is 0.445. The molecule has 1 aromatic heterocycles. The van der Waals surface area contributed by atoms with E-state index in [1.54, 1.807) is 0 Å².